The van der Waals surface area contributed by atoms with Gasteiger partial charge in [0.25, 0.3) is 5.91 Å². The summed E-state index contributed by atoms with van der Waals surface area (Å²) in [5.41, 5.74) is 3.41. The molecule has 0 aliphatic carbocycles. The van der Waals surface area contributed by atoms with E-state index in [1.807, 2.05) is 24.8 Å². The fourth-order valence-electron chi connectivity index (χ4n) is 4.98. The van der Waals surface area contributed by atoms with Crippen LogP contribution in [0.1, 0.15) is 42.3 Å². The minimum Gasteiger partial charge on any atom is -0.488 e. The molecule has 1 atom stereocenters. The number of aromatic nitrogens is 2. The van der Waals surface area contributed by atoms with Crippen LogP contribution in [0.4, 0.5) is 23.1 Å². The predicted molar refractivity (Wildman–Crippen MR) is 156 cm³/mol. The van der Waals surface area contributed by atoms with Gasteiger partial charge < -0.3 is 25.6 Å². The highest BCUT2D eigenvalue weighted by Crippen LogP contribution is 2.42. The van der Waals surface area contributed by atoms with Gasteiger partial charge in [0, 0.05) is 43.7 Å². The van der Waals surface area contributed by atoms with Crippen molar-refractivity contribution in [1.82, 2.24) is 20.2 Å². The number of rotatable bonds is 7. The smallest absolute Gasteiger partial charge is 0.254 e. The summed E-state index contributed by atoms with van der Waals surface area (Å²) in [6, 6.07) is 8.52. The Morgan fingerprint density at radius 2 is 1.90 bits per heavy atom. The molecule has 3 aromatic rings. The lowest BCUT2D eigenvalue weighted by atomic mass is 9.96. The topological polar surface area (TPSA) is 126 Å². The molecule has 1 amide bonds. The number of aryl methyl sites for hydroxylation is 1. The number of hydrogen-bond acceptors (Lipinski definition) is 9. The summed E-state index contributed by atoms with van der Waals surface area (Å²) in [5, 5.41) is 9.22. The summed E-state index contributed by atoms with van der Waals surface area (Å²) < 4.78 is 32.0. The van der Waals surface area contributed by atoms with Crippen molar-refractivity contribution in [3.05, 3.63) is 58.2 Å². The van der Waals surface area contributed by atoms with E-state index >= 15 is 0 Å². The summed E-state index contributed by atoms with van der Waals surface area (Å²) >= 11 is 6.41. The van der Waals surface area contributed by atoms with Gasteiger partial charge in [-0.15, -0.1) is 0 Å². The third-order valence-electron chi connectivity index (χ3n) is 7.06. The summed E-state index contributed by atoms with van der Waals surface area (Å²) in [6.45, 7) is 10.1. The molecule has 1 aromatic heterocycles. The number of para-hydroxylation sites is 1. The molecule has 10 nitrogen and oxygen atoms in total. The molecule has 212 valence electrons. The predicted octanol–water partition coefficient (Wildman–Crippen LogP) is 4.48. The quantitative estimate of drug-likeness (QED) is 0.368. The van der Waals surface area contributed by atoms with E-state index in [0.717, 1.165) is 24.2 Å². The normalized spacial score (nSPS) is 16.9. The number of nitrogens with one attached hydrogen (secondary N) is 3. The highest BCUT2D eigenvalue weighted by Gasteiger charge is 2.32. The maximum atomic E-state index is 13.5. The van der Waals surface area contributed by atoms with Crippen LogP contribution in [0.2, 0.25) is 5.02 Å². The van der Waals surface area contributed by atoms with Gasteiger partial charge in [0.15, 0.2) is 15.7 Å². The van der Waals surface area contributed by atoms with Crippen molar-refractivity contribution in [2.75, 3.05) is 36.8 Å². The van der Waals surface area contributed by atoms with E-state index in [0.29, 0.717) is 42.2 Å². The van der Waals surface area contributed by atoms with Crippen molar-refractivity contribution in [2.24, 2.45) is 0 Å². The van der Waals surface area contributed by atoms with Crippen LogP contribution >= 0.6 is 11.6 Å². The van der Waals surface area contributed by atoms with E-state index in [1.165, 1.54) is 6.20 Å². The number of hydrogen-bond donors (Lipinski definition) is 3. The highest BCUT2D eigenvalue weighted by atomic mass is 35.5. The van der Waals surface area contributed by atoms with Gasteiger partial charge in [-0.1, -0.05) is 23.7 Å². The lowest BCUT2D eigenvalue weighted by Gasteiger charge is -2.29. The highest BCUT2D eigenvalue weighted by molar-refractivity contribution is 7.92. The second-order valence-electron chi connectivity index (χ2n) is 10.3. The Labute approximate surface area is 239 Å². The van der Waals surface area contributed by atoms with Crippen molar-refractivity contribution in [3.8, 4) is 5.75 Å². The van der Waals surface area contributed by atoms with Crippen molar-refractivity contribution in [3.63, 3.8) is 0 Å². The summed E-state index contributed by atoms with van der Waals surface area (Å²) in [6.07, 6.45) is 1.97. The molecule has 40 heavy (non-hydrogen) atoms. The Kier molecular flexibility index (Phi) is 7.89. The zero-order valence-electron chi connectivity index (χ0n) is 22.9. The van der Waals surface area contributed by atoms with E-state index in [1.54, 1.807) is 38.1 Å². The van der Waals surface area contributed by atoms with E-state index in [2.05, 4.69) is 25.9 Å². The molecule has 12 heteroatoms. The van der Waals surface area contributed by atoms with Crippen LogP contribution in [-0.4, -0.2) is 66.7 Å². The number of sulfone groups is 1. The number of halogens is 1. The molecule has 0 bridgehead atoms. The molecule has 1 fully saturated rings. The van der Waals surface area contributed by atoms with Crippen LogP contribution in [0.25, 0.3) is 0 Å². The maximum absolute atomic E-state index is 13.5. The number of piperazine rings is 1. The van der Waals surface area contributed by atoms with Gasteiger partial charge in [-0.25, -0.2) is 13.4 Å². The van der Waals surface area contributed by atoms with Gasteiger partial charge in [-0.2, -0.15) is 4.98 Å². The number of carbonyl (C=O) groups is 1. The fraction of sp³-hybridized carbons (Fsp3) is 0.393. The van der Waals surface area contributed by atoms with E-state index in [9.17, 15) is 13.2 Å². The maximum Gasteiger partial charge on any atom is 0.254 e. The van der Waals surface area contributed by atoms with Crippen molar-refractivity contribution in [2.45, 2.75) is 50.4 Å². The van der Waals surface area contributed by atoms with Crippen molar-refractivity contribution < 1.29 is 17.9 Å². The van der Waals surface area contributed by atoms with E-state index < -0.39 is 15.1 Å². The van der Waals surface area contributed by atoms with Crippen molar-refractivity contribution >= 4 is 50.5 Å². The van der Waals surface area contributed by atoms with E-state index in [4.69, 9.17) is 16.3 Å². The molecule has 5 rings (SSSR count). The van der Waals surface area contributed by atoms with E-state index in [-0.39, 0.29) is 33.7 Å². The van der Waals surface area contributed by atoms with Crippen LogP contribution in [0.5, 0.6) is 5.75 Å². The van der Waals surface area contributed by atoms with Crippen LogP contribution < -0.4 is 20.7 Å². The van der Waals surface area contributed by atoms with Gasteiger partial charge in [0.1, 0.15) is 16.9 Å². The first-order valence-corrected chi connectivity index (χ1v) is 15.2. The van der Waals surface area contributed by atoms with Gasteiger partial charge >= 0.3 is 0 Å². The molecule has 2 aliphatic rings. The minimum atomic E-state index is -3.55. The third-order valence-corrected chi connectivity index (χ3v) is 9.55. The molecule has 2 aliphatic heterocycles. The van der Waals surface area contributed by atoms with Crippen LogP contribution in [0.3, 0.4) is 0 Å². The van der Waals surface area contributed by atoms with Crippen LogP contribution in [0.15, 0.2) is 41.4 Å². The van der Waals surface area contributed by atoms with Crippen molar-refractivity contribution in [1.29, 1.82) is 0 Å². The Hall–Kier alpha value is -3.41. The third kappa shape index (κ3) is 5.45. The number of ether oxygens (including phenoxy) is 1. The number of nitrogens with zero attached hydrogens (tertiary/aromatic N) is 3. The molecule has 1 saturated heterocycles. The summed E-state index contributed by atoms with van der Waals surface area (Å²) in [4.78, 5) is 24.4. The number of amides is 1. The zero-order valence-corrected chi connectivity index (χ0v) is 24.5. The molecule has 3 N–H and O–H groups in total. The number of carbonyl (C=O) groups excluding carboxylic acids is 1. The molecule has 0 radical (unpaired) electrons. The second-order valence-corrected chi connectivity index (χ2v) is 13.2. The standard InChI is InChI=1S/C28H33ClN6O4S/c1-16(2)40(37,38)23-8-6-5-7-21(23)32-26-20(29)15-31-28(34-26)33-22-13-17(3)24(19-14-18(4)39-25(19)22)27(36)35-11-9-30-10-12-35/h5-8,13,15-16,18,30H,9-12,14H2,1-4H3,(H2,31,32,33,34). The minimum absolute atomic E-state index is 0.0174. The largest absolute Gasteiger partial charge is 0.488 e. The molecule has 0 spiro atoms. The number of fused-ring (bicyclic) bond motifs is 1. The Bertz CT molecular complexity index is 1560. The van der Waals surface area contributed by atoms with Gasteiger partial charge in [-0.3, -0.25) is 4.79 Å². The zero-order chi connectivity index (χ0) is 28.6. The number of benzene rings is 2. The van der Waals surface area contributed by atoms with Crippen LogP contribution in [-0.2, 0) is 16.3 Å². The average Bonchev–Trinajstić information content (AvgIpc) is 3.32. The Morgan fingerprint density at radius 3 is 2.62 bits per heavy atom. The lowest BCUT2D eigenvalue weighted by Crippen LogP contribution is -2.46. The summed E-state index contributed by atoms with van der Waals surface area (Å²) in [7, 11) is -3.55. The molecule has 3 heterocycles. The average molecular weight is 585 g/mol. The first-order valence-electron chi connectivity index (χ1n) is 13.3. The summed E-state index contributed by atoms with van der Waals surface area (Å²) in [5.74, 6) is 1.11. The SMILES string of the molecule is Cc1cc(Nc2ncc(Cl)c(Nc3ccccc3S(=O)(=O)C(C)C)n2)c2c(c1C(=O)N1CCNCC1)CC(C)O2. The molecule has 0 saturated carbocycles. The molecular weight excluding hydrogens is 552 g/mol. The fourth-order valence-corrected chi connectivity index (χ4v) is 6.32. The molecule has 2 aromatic carbocycles. The monoisotopic (exact) mass is 584 g/mol. The van der Waals surface area contributed by atoms with Crippen LogP contribution in [0, 0.1) is 6.92 Å². The van der Waals surface area contributed by atoms with Gasteiger partial charge in [0.05, 0.1) is 27.7 Å². The van der Waals surface area contributed by atoms with Gasteiger partial charge in [0.2, 0.25) is 5.95 Å². The second kappa shape index (κ2) is 11.2. The molecular formula is C28H33ClN6O4S. The number of anilines is 4. The Morgan fingerprint density at radius 1 is 1.18 bits per heavy atom. The Balaban J connectivity index is 1.47. The first kappa shape index (κ1) is 28.1. The first-order chi connectivity index (χ1) is 19.1. The lowest BCUT2D eigenvalue weighted by molar-refractivity contribution is 0.0734. The molecule has 1 unspecified atom stereocenters. The van der Waals surface area contributed by atoms with Gasteiger partial charge in [-0.05, 0) is 51.5 Å².